The minimum atomic E-state index is -2.15. The molecule has 0 aliphatic rings. The van der Waals surface area contributed by atoms with Crippen molar-refractivity contribution in [3.8, 4) is 0 Å². The van der Waals surface area contributed by atoms with Gasteiger partial charge in [0.05, 0.1) is 21.1 Å². The molecule has 5 nitrogen and oxygen atoms in total. The number of rotatable bonds is 35. The standard InChI is InChI=1S/C39H73O5P/c1-3-5-7-9-11-13-15-17-19-21-23-25-27-29-31-33-37(42)45(39(44,35-40)36-41)38(43)34-32-30-28-26-24-22-20-18-16-14-12-10-8-6-4-2/h17-20,40-41,44H,3-16,21-36H2,1-2H3. The number of aliphatic hydroxyl groups excluding tert-OH is 2. The van der Waals surface area contributed by atoms with Gasteiger partial charge in [-0.15, -0.1) is 0 Å². The smallest absolute Gasteiger partial charge is 0.165 e. The van der Waals surface area contributed by atoms with Gasteiger partial charge in [0.25, 0.3) is 0 Å². The van der Waals surface area contributed by atoms with E-state index in [0.717, 1.165) is 64.2 Å². The number of hydrogen-bond donors (Lipinski definition) is 3. The fraction of sp³-hybridized carbons (Fsp3) is 0.846. The highest BCUT2D eigenvalue weighted by atomic mass is 31.1. The number of carbonyl (C=O) groups excluding carboxylic acids is 2. The van der Waals surface area contributed by atoms with Gasteiger partial charge >= 0.3 is 0 Å². The molecule has 0 aliphatic heterocycles. The molecule has 0 aromatic rings. The second-order valence-electron chi connectivity index (χ2n) is 13.1. The maximum absolute atomic E-state index is 13.1. The lowest BCUT2D eigenvalue weighted by Crippen LogP contribution is -2.39. The Labute approximate surface area is 279 Å². The predicted octanol–water partition coefficient (Wildman–Crippen LogP) is 11.3. The molecule has 45 heavy (non-hydrogen) atoms. The van der Waals surface area contributed by atoms with E-state index in [9.17, 15) is 24.9 Å². The largest absolute Gasteiger partial charge is 0.393 e. The van der Waals surface area contributed by atoms with E-state index in [1.807, 2.05) is 0 Å². The van der Waals surface area contributed by atoms with Crippen molar-refractivity contribution in [1.82, 2.24) is 0 Å². The first-order valence-electron chi connectivity index (χ1n) is 19.1. The van der Waals surface area contributed by atoms with Crippen LogP contribution in [0.2, 0.25) is 0 Å². The van der Waals surface area contributed by atoms with Crippen LogP contribution in [0.1, 0.15) is 194 Å². The third-order valence-corrected chi connectivity index (χ3v) is 11.3. The summed E-state index contributed by atoms with van der Waals surface area (Å²) in [6.07, 6.45) is 40.1. The lowest BCUT2D eigenvalue weighted by atomic mass is 10.1. The minimum Gasteiger partial charge on any atom is -0.393 e. The van der Waals surface area contributed by atoms with E-state index >= 15 is 0 Å². The van der Waals surface area contributed by atoms with Crippen LogP contribution in [0, 0.1) is 0 Å². The molecule has 0 spiro atoms. The second-order valence-corrected chi connectivity index (χ2v) is 15.6. The van der Waals surface area contributed by atoms with Crippen LogP contribution in [0.15, 0.2) is 24.3 Å². The van der Waals surface area contributed by atoms with Crippen LogP contribution in [0.4, 0.5) is 0 Å². The van der Waals surface area contributed by atoms with E-state index in [0.29, 0.717) is 12.8 Å². The maximum atomic E-state index is 13.1. The van der Waals surface area contributed by atoms with Gasteiger partial charge in [-0.2, -0.15) is 0 Å². The Morgan fingerprint density at radius 3 is 1.02 bits per heavy atom. The zero-order valence-corrected chi connectivity index (χ0v) is 30.5. The van der Waals surface area contributed by atoms with Crippen molar-refractivity contribution >= 4 is 19.0 Å². The molecule has 0 amide bonds. The fourth-order valence-electron chi connectivity index (χ4n) is 5.71. The minimum absolute atomic E-state index is 0.226. The molecule has 0 aromatic heterocycles. The molecule has 0 saturated carbocycles. The predicted molar refractivity (Wildman–Crippen MR) is 195 cm³/mol. The highest BCUT2D eigenvalue weighted by Crippen LogP contribution is 2.51. The Kier molecular flexibility index (Phi) is 32.4. The molecule has 0 aliphatic carbocycles. The van der Waals surface area contributed by atoms with Crippen molar-refractivity contribution in [2.24, 2.45) is 0 Å². The Morgan fingerprint density at radius 1 is 0.467 bits per heavy atom. The summed E-state index contributed by atoms with van der Waals surface area (Å²) in [5, 5.41) is 28.2. The van der Waals surface area contributed by atoms with Gasteiger partial charge in [-0.3, -0.25) is 9.59 Å². The molecule has 3 N–H and O–H groups in total. The molecule has 0 unspecified atom stereocenters. The Bertz CT molecular complexity index is 679. The quantitative estimate of drug-likeness (QED) is 0.0360. The maximum Gasteiger partial charge on any atom is 0.165 e. The van der Waals surface area contributed by atoms with Crippen LogP contribution in [0.5, 0.6) is 0 Å². The Morgan fingerprint density at radius 2 is 0.733 bits per heavy atom. The summed E-state index contributed by atoms with van der Waals surface area (Å²) >= 11 is 0. The van der Waals surface area contributed by atoms with Crippen molar-refractivity contribution in [2.45, 2.75) is 199 Å². The molecular formula is C39H73O5P. The van der Waals surface area contributed by atoms with Crippen molar-refractivity contribution in [3.05, 3.63) is 24.3 Å². The van der Waals surface area contributed by atoms with E-state index in [-0.39, 0.29) is 23.9 Å². The van der Waals surface area contributed by atoms with Crippen molar-refractivity contribution < 1.29 is 24.9 Å². The number of aliphatic hydroxyl groups is 3. The molecule has 0 bridgehead atoms. The summed E-state index contributed by atoms with van der Waals surface area (Å²) < 4.78 is 0. The molecule has 0 heterocycles. The first kappa shape index (κ1) is 44.1. The zero-order valence-electron chi connectivity index (χ0n) is 29.6. The van der Waals surface area contributed by atoms with E-state index in [1.165, 1.54) is 89.9 Å². The van der Waals surface area contributed by atoms with Gasteiger partial charge in [-0.05, 0) is 64.2 Å². The molecule has 0 atom stereocenters. The monoisotopic (exact) mass is 653 g/mol. The summed E-state index contributed by atoms with van der Waals surface area (Å²) in [6, 6.07) is 0. The summed E-state index contributed by atoms with van der Waals surface area (Å²) in [6.45, 7) is 2.96. The summed E-state index contributed by atoms with van der Waals surface area (Å²) in [4.78, 5) is 26.1. The molecule has 264 valence electrons. The highest BCUT2D eigenvalue weighted by molar-refractivity contribution is 7.90. The average molecular weight is 653 g/mol. The highest BCUT2D eigenvalue weighted by Gasteiger charge is 2.44. The molecule has 0 saturated heterocycles. The van der Waals surface area contributed by atoms with Crippen LogP contribution >= 0.6 is 7.92 Å². The van der Waals surface area contributed by atoms with E-state index in [2.05, 4.69) is 38.2 Å². The molecular weight excluding hydrogens is 579 g/mol. The number of unbranched alkanes of at least 4 members (excludes halogenated alkanes) is 22. The van der Waals surface area contributed by atoms with Crippen LogP contribution in [0.3, 0.4) is 0 Å². The number of hydrogen-bond acceptors (Lipinski definition) is 5. The topological polar surface area (TPSA) is 94.8 Å². The van der Waals surface area contributed by atoms with Crippen LogP contribution in [0.25, 0.3) is 0 Å². The van der Waals surface area contributed by atoms with Gasteiger partial charge in [0.2, 0.25) is 0 Å². The first-order chi connectivity index (χ1) is 22.0. The molecule has 0 rings (SSSR count). The number of allylic oxidation sites excluding steroid dienone is 4. The van der Waals surface area contributed by atoms with E-state index in [1.54, 1.807) is 0 Å². The van der Waals surface area contributed by atoms with Crippen LogP contribution in [-0.4, -0.2) is 44.9 Å². The van der Waals surface area contributed by atoms with Crippen molar-refractivity contribution in [3.63, 3.8) is 0 Å². The second kappa shape index (κ2) is 33.0. The number of carbonyl (C=O) groups is 2. The van der Waals surface area contributed by atoms with Gasteiger partial charge in [-0.25, -0.2) is 0 Å². The zero-order chi connectivity index (χ0) is 33.3. The van der Waals surface area contributed by atoms with Gasteiger partial charge in [-0.1, -0.05) is 141 Å². The molecule has 0 fully saturated rings. The van der Waals surface area contributed by atoms with E-state index < -0.39 is 26.5 Å². The van der Waals surface area contributed by atoms with Gasteiger partial charge < -0.3 is 15.3 Å². The molecule has 0 aromatic carbocycles. The van der Waals surface area contributed by atoms with Gasteiger partial charge in [0.1, 0.15) is 5.34 Å². The van der Waals surface area contributed by atoms with Gasteiger partial charge in [0, 0.05) is 12.8 Å². The van der Waals surface area contributed by atoms with Crippen LogP contribution in [-0.2, 0) is 9.59 Å². The normalized spacial score (nSPS) is 12.9. The van der Waals surface area contributed by atoms with Crippen LogP contribution < -0.4 is 0 Å². The van der Waals surface area contributed by atoms with Crippen molar-refractivity contribution in [1.29, 1.82) is 0 Å². The average Bonchev–Trinajstić information content (AvgIpc) is 3.04. The van der Waals surface area contributed by atoms with E-state index in [4.69, 9.17) is 0 Å². The molecule has 0 radical (unpaired) electrons. The summed E-state index contributed by atoms with van der Waals surface area (Å²) in [5.41, 5.74) is -0.572. The Balaban J connectivity index is 4.12. The SMILES string of the molecule is CCCCCCCCC=CCCCCCCCC(=O)P(C(=O)CCCCCCCC=CCCCCCCCC)C(O)(CO)CO. The summed E-state index contributed by atoms with van der Waals surface area (Å²) in [5.74, 6) is 0. The fourth-order valence-corrected chi connectivity index (χ4v) is 7.97. The third-order valence-electron chi connectivity index (χ3n) is 8.73. The molecule has 6 heteroatoms. The third kappa shape index (κ3) is 25.8. The lowest BCUT2D eigenvalue weighted by molar-refractivity contribution is -0.115. The van der Waals surface area contributed by atoms with Gasteiger partial charge in [0.15, 0.2) is 11.0 Å². The first-order valence-corrected chi connectivity index (χ1v) is 20.4. The Hall–Kier alpha value is -0.870. The van der Waals surface area contributed by atoms with Crippen molar-refractivity contribution in [2.75, 3.05) is 13.2 Å². The summed E-state index contributed by atoms with van der Waals surface area (Å²) in [7, 11) is -2.15. The lowest BCUT2D eigenvalue weighted by Gasteiger charge is -2.31.